The largest absolute Gasteiger partial charge is 0.489 e. The minimum absolute atomic E-state index is 0.0767. The number of rotatable bonds is 10. The minimum atomic E-state index is -3.45. The van der Waals surface area contributed by atoms with E-state index < -0.39 is 10.0 Å². The Labute approximate surface area is 188 Å². The summed E-state index contributed by atoms with van der Waals surface area (Å²) in [5, 5.41) is 2.88. The van der Waals surface area contributed by atoms with Crippen molar-refractivity contribution in [3.63, 3.8) is 0 Å². The van der Waals surface area contributed by atoms with Gasteiger partial charge in [0.1, 0.15) is 12.4 Å². The second-order valence-electron chi connectivity index (χ2n) is 7.89. The van der Waals surface area contributed by atoms with Crippen molar-refractivity contribution in [1.82, 2.24) is 4.72 Å². The minimum Gasteiger partial charge on any atom is -0.489 e. The molecule has 1 aliphatic carbocycles. The number of sulfonamides is 1. The van der Waals surface area contributed by atoms with Crippen LogP contribution in [0.3, 0.4) is 0 Å². The molecule has 1 saturated carbocycles. The van der Waals surface area contributed by atoms with E-state index in [-0.39, 0.29) is 16.8 Å². The highest BCUT2D eigenvalue weighted by Gasteiger charge is 2.27. The van der Waals surface area contributed by atoms with E-state index in [1.165, 1.54) is 0 Å². The third-order valence-electron chi connectivity index (χ3n) is 5.16. The highest BCUT2D eigenvalue weighted by atomic mass is 32.2. The first-order valence-corrected chi connectivity index (χ1v) is 12.1. The van der Waals surface area contributed by atoms with Crippen LogP contribution in [0.2, 0.25) is 0 Å². The fourth-order valence-electron chi connectivity index (χ4n) is 3.18. The van der Waals surface area contributed by atoms with Crippen LogP contribution in [0.5, 0.6) is 5.75 Å². The summed E-state index contributed by atoms with van der Waals surface area (Å²) in [6.45, 7) is 0.489. The van der Waals surface area contributed by atoms with E-state index in [9.17, 15) is 13.2 Å². The van der Waals surface area contributed by atoms with E-state index in [0.717, 1.165) is 29.7 Å². The van der Waals surface area contributed by atoms with Crippen LogP contribution in [0, 0.1) is 0 Å². The van der Waals surface area contributed by atoms with Crippen molar-refractivity contribution in [2.45, 2.75) is 43.2 Å². The van der Waals surface area contributed by atoms with Crippen LogP contribution < -0.4 is 14.8 Å². The number of ether oxygens (including phenoxy) is 1. The number of aryl methyl sites for hydroxylation is 1. The van der Waals surface area contributed by atoms with Crippen molar-refractivity contribution in [1.29, 1.82) is 0 Å². The zero-order valence-corrected chi connectivity index (χ0v) is 18.5. The fraction of sp³-hybridized carbons (Fsp3) is 0.240. The highest BCUT2D eigenvalue weighted by Crippen LogP contribution is 2.22. The van der Waals surface area contributed by atoms with Crippen LogP contribution >= 0.6 is 0 Å². The number of carbonyl (C=O) groups is 1. The normalized spacial score (nSPS) is 13.5. The second kappa shape index (κ2) is 9.97. The first kappa shape index (κ1) is 22.0. The number of benzene rings is 3. The highest BCUT2D eigenvalue weighted by molar-refractivity contribution is 7.89. The van der Waals surface area contributed by atoms with Gasteiger partial charge in [-0.05, 0) is 66.8 Å². The van der Waals surface area contributed by atoms with Gasteiger partial charge in [0.25, 0.3) is 0 Å². The molecule has 3 aromatic rings. The van der Waals surface area contributed by atoms with E-state index in [2.05, 4.69) is 10.0 Å². The Hall–Kier alpha value is -3.16. The molecule has 1 amide bonds. The molecule has 0 atom stereocenters. The quantitative estimate of drug-likeness (QED) is 0.483. The van der Waals surface area contributed by atoms with Crippen molar-refractivity contribution < 1.29 is 17.9 Å². The van der Waals surface area contributed by atoms with Crippen LogP contribution in [0.15, 0.2) is 83.8 Å². The summed E-state index contributed by atoms with van der Waals surface area (Å²) in [4.78, 5) is 12.5. The maximum absolute atomic E-state index is 12.3. The molecule has 0 aromatic heterocycles. The number of hydrogen-bond donors (Lipinski definition) is 2. The van der Waals surface area contributed by atoms with Crippen LogP contribution in [0.4, 0.5) is 5.69 Å². The monoisotopic (exact) mass is 450 g/mol. The van der Waals surface area contributed by atoms with Crippen molar-refractivity contribution in [3.8, 4) is 5.75 Å². The lowest BCUT2D eigenvalue weighted by Gasteiger charge is -2.09. The van der Waals surface area contributed by atoms with Crippen LogP contribution in [0.1, 0.15) is 30.4 Å². The van der Waals surface area contributed by atoms with E-state index >= 15 is 0 Å². The number of hydrogen-bond acceptors (Lipinski definition) is 4. The van der Waals surface area contributed by atoms with Crippen molar-refractivity contribution >= 4 is 21.6 Å². The molecule has 0 saturated heterocycles. The molecule has 7 heteroatoms. The van der Waals surface area contributed by atoms with Gasteiger partial charge in [-0.1, -0.05) is 42.5 Å². The predicted octanol–water partition coefficient (Wildman–Crippen LogP) is 4.28. The molecule has 2 N–H and O–H groups in total. The lowest BCUT2D eigenvalue weighted by atomic mass is 10.1. The first-order chi connectivity index (χ1) is 15.5. The third-order valence-corrected chi connectivity index (χ3v) is 6.70. The second-order valence-corrected chi connectivity index (χ2v) is 9.60. The summed E-state index contributed by atoms with van der Waals surface area (Å²) in [6.07, 6.45) is 2.63. The molecular weight excluding hydrogens is 424 g/mol. The molecule has 4 rings (SSSR count). The number of nitrogens with one attached hydrogen (secondary N) is 2. The molecule has 0 bridgehead atoms. The average Bonchev–Trinajstić information content (AvgIpc) is 3.61. The van der Waals surface area contributed by atoms with Gasteiger partial charge in [0.05, 0.1) is 4.90 Å². The Morgan fingerprint density at radius 3 is 2.22 bits per heavy atom. The predicted molar refractivity (Wildman–Crippen MR) is 124 cm³/mol. The van der Waals surface area contributed by atoms with Crippen LogP contribution in [-0.4, -0.2) is 20.4 Å². The van der Waals surface area contributed by atoms with Gasteiger partial charge in [0, 0.05) is 18.2 Å². The molecule has 0 unspecified atom stereocenters. The number of anilines is 1. The third kappa shape index (κ3) is 6.42. The van der Waals surface area contributed by atoms with E-state index in [4.69, 9.17) is 4.74 Å². The van der Waals surface area contributed by atoms with Crippen molar-refractivity contribution in [2.75, 3.05) is 5.32 Å². The first-order valence-electron chi connectivity index (χ1n) is 10.7. The molecule has 6 nitrogen and oxygen atoms in total. The molecule has 0 aliphatic heterocycles. The molecule has 32 heavy (non-hydrogen) atoms. The summed E-state index contributed by atoms with van der Waals surface area (Å²) < 4.78 is 32.9. The van der Waals surface area contributed by atoms with E-state index in [1.807, 2.05) is 54.6 Å². The van der Waals surface area contributed by atoms with Gasteiger partial charge in [-0.25, -0.2) is 13.1 Å². The molecule has 0 radical (unpaired) electrons. The summed E-state index contributed by atoms with van der Waals surface area (Å²) in [6, 6.07) is 24.0. The number of carbonyl (C=O) groups excluding carboxylic acids is 1. The number of amides is 1. The zero-order chi connectivity index (χ0) is 22.4. The summed E-state index contributed by atoms with van der Waals surface area (Å²) in [5.41, 5.74) is 2.71. The average molecular weight is 451 g/mol. The summed E-state index contributed by atoms with van der Waals surface area (Å²) in [5.74, 6) is 0.633. The summed E-state index contributed by atoms with van der Waals surface area (Å²) in [7, 11) is -3.45. The van der Waals surface area contributed by atoms with Gasteiger partial charge < -0.3 is 10.1 Å². The molecule has 0 heterocycles. The van der Waals surface area contributed by atoms with Gasteiger partial charge in [-0.15, -0.1) is 0 Å². The Balaban J connectivity index is 1.23. The van der Waals surface area contributed by atoms with Gasteiger partial charge in [-0.3, -0.25) is 4.79 Å². The fourth-order valence-corrected chi connectivity index (χ4v) is 4.49. The topological polar surface area (TPSA) is 84.5 Å². The smallest absolute Gasteiger partial charge is 0.240 e. The van der Waals surface area contributed by atoms with Crippen LogP contribution in [0.25, 0.3) is 0 Å². The van der Waals surface area contributed by atoms with Gasteiger partial charge in [-0.2, -0.15) is 0 Å². The molecule has 0 spiro atoms. The van der Waals surface area contributed by atoms with E-state index in [0.29, 0.717) is 25.1 Å². The SMILES string of the molecule is O=C(CCc1ccc(S(=O)(=O)NC2CC2)cc1)Nc1ccc(OCc2ccccc2)cc1. The maximum Gasteiger partial charge on any atom is 0.240 e. The Kier molecular flexibility index (Phi) is 6.87. The van der Waals surface area contributed by atoms with Gasteiger partial charge >= 0.3 is 0 Å². The Morgan fingerprint density at radius 1 is 0.875 bits per heavy atom. The molecule has 1 fully saturated rings. The Morgan fingerprint density at radius 2 is 1.56 bits per heavy atom. The van der Waals surface area contributed by atoms with E-state index in [1.54, 1.807) is 24.3 Å². The van der Waals surface area contributed by atoms with Crippen molar-refractivity contribution in [3.05, 3.63) is 90.0 Å². The lowest BCUT2D eigenvalue weighted by molar-refractivity contribution is -0.116. The molecule has 1 aliphatic rings. The molecular formula is C25H26N2O4S. The maximum atomic E-state index is 12.3. The zero-order valence-electron chi connectivity index (χ0n) is 17.7. The summed E-state index contributed by atoms with van der Waals surface area (Å²) >= 11 is 0. The van der Waals surface area contributed by atoms with Crippen LogP contribution in [-0.2, 0) is 27.8 Å². The van der Waals surface area contributed by atoms with Gasteiger partial charge in [0.15, 0.2) is 0 Å². The Bertz CT molecular complexity index is 1140. The molecule has 166 valence electrons. The van der Waals surface area contributed by atoms with Crippen molar-refractivity contribution in [2.24, 2.45) is 0 Å². The van der Waals surface area contributed by atoms with Gasteiger partial charge in [0.2, 0.25) is 15.9 Å². The standard InChI is InChI=1S/C25H26N2O4S/c28-25(17-8-19-6-15-24(16-7-19)32(29,30)27-22-9-10-22)26-21-11-13-23(14-12-21)31-18-20-4-2-1-3-5-20/h1-7,11-16,22,27H,8-10,17-18H2,(H,26,28). The lowest BCUT2D eigenvalue weighted by Crippen LogP contribution is -2.25. The molecule has 3 aromatic carbocycles.